The summed E-state index contributed by atoms with van der Waals surface area (Å²) in [5, 5.41) is 10.5. The lowest BCUT2D eigenvalue weighted by atomic mass is 9.96. The lowest BCUT2D eigenvalue weighted by Crippen LogP contribution is -2.13. The van der Waals surface area contributed by atoms with Crippen LogP contribution in [0.15, 0.2) is 6.20 Å². The van der Waals surface area contributed by atoms with Gasteiger partial charge in [0.25, 0.3) is 0 Å². The zero-order valence-corrected chi connectivity index (χ0v) is 10.9. The van der Waals surface area contributed by atoms with Gasteiger partial charge in [-0.3, -0.25) is 5.10 Å². The van der Waals surface area contributed by atoms with E-state index in [1.807, 2.05) is 0 Å². The lowest BCUT2D eigenvalue weighted by molar-refractivity contribution is 0.555. The van der Waals surface area contributed by atoms with Gasteiger partial charge in [-0.25, -0.2) is 4.98 Å². The van der Waals surface area contributed by atoms with E-state index in [1.165, 1.54) is 11.5 Å². The topological polar surface area (TPSA) is 92.5 Å². The SMILES string of the molecule is CC(C)(C)c1nsc(NCc2cn[nH]c2N)n1. The summed E-state index contributed by atoms with van der Waals surface area (Å²) in [5.74, 6) is 1.43. The molecule has 7 heteroatoms. The average Bonchev–Trinajstić information content (AvgIpc) is 2.82. The van der Waals surface area contributed by atoms with E-state index in [2.05, 4.69) is 45.6 Å². The highest BCUT2D eigenvalue weighted by Gasteiger charge is 2.19. The first-order valence-electron chi connectivity index (χ1n) is 5.32. The zero-order valence-electron chi connectivity index (χ0n) is 10.1. The van der Waals surface area contributed by atoms with Gasteiger partial charge in [0.05, 0.1) is 6.20 Å². The van der Waals surface area contributed by atoms with E-state index < -0.39 is 0 Å². The van der Waals surface area contributed by atoms with E-state index in [0.717, 1.165) is 16.5 Å². The van der Waals surface area contributed by atoms with Crippen molar-refractivity contribution < 1.29 is 0 Å². The summed E-state index contributed by atoms with van der Waals surface area (Å²) in [5.41, 5.74) is 6.59. The number of nitrogens with two attached hydrogens (primary N) is 1. The van der Waals surface area contributed by atoms with Crippen LogP contribution in [0.1, 0.15) is 32.2 Å². The number of anilines is 2. The highest BCUT2D eigenvalue weighted by atomic mass is 32.1. The number of nitrogens with zero attached hydrogens (tertiary/aromatic N) is 3. The highest BCUT2D eigenvalue weighted by molar-refractivity contribution is 7.09. The van der Waals surface area contributed by atoms with Gasteiger partial charge < -0.3 is 11.1 Å². The molecule has 0 spiro atoms. The first kappa shape index (κ1) is 11.8. The van der Waals surface area contributed by atoms with Gasteiger partial charge in [-0.1, -0.05) is 20.8 Å². The van der Waals surface area contributed by atoms with Crippen LogP contribution >= 0.6 is 11.5 Å². The van der Waals surface area contributed by atoms with E-state index in [4.69, 9.17) is 5.73 Å². The van der Waals surface area contributed by atoms with E-state index in [9.17, 15) is 0 Å². The second kappa shape index (κ2) is 4.33. The van der Waals surface area contributed by atoms with Crippen molar-refractivity contribution in [3.8, 4) is 0 Å². The van der Waals surface area contributed by atoms with Crippen LogP contribution in [0.2, 0.25) is 0 Å². The van der Waals surface area contributed by atoms with Crippen molar-refractivity contribution in [3.05, 3.63) is 17.6 Å². The van der Waals surface area contributed by atoms with E-state index in [0.29, 0.717) is 12.4 Å². The molecular weight excluding hydrogens is 236 g/mol. The van der Waals surface area contributed by atoms with Crippen LogP contribution < -0.4 is 11.1 Å². The summed E-state index contributed by atoms with van der Waals surface area (Å²) >= 11 is 1.36. The van der Waals surface area contributed by atoms with Gasteiger partial charge in [-0.15, -0.1) is 0 Å². The van der Waals surface area contributed by atoms with E-state index in [-0.39, 0.29) is 5.41 Å². The standard InChI is InChI=1S/C10H16N6S/c1-10(2,3)8-14-9(17-16-8)12-4-6-5-13-15-7(6)11/h5H,4H2,1-3H3,(H3,11,13,15)(H,12,14,16). The second-order valence-electron chi connectivity index (χ2n) is 4.84. The lowest BCUT2D eigenvalue weighted by Gasteiger charge is -2.12. The quantitative estimate of drug-likeness (QED) is 0.774. The number of nitrogens with one attached hydrogen (secondary N) is 2. The molecule has 0 saturated heterocycles. The van der Waals surface area contributed by atoms with Gasteiger partial charge in [-0.2, -0.15) is 9.47 Å². The predicted octanol–water partition coefficient (Wildman–Crippen LogP) is 1.75. The normalized spacial score (nSPS) is 11.7. The van der Waals surface area contributed by atoms with Crippen molar-refractivity contribution in [1.82, 2.24) is 19.6 Å². The fourth-order valence-corrected chi connectivity index (χ4v) is 1.98. The van der Waals surface area contributed by atoms with Gasteiger partial charge in [-0.05, 0) is 0 Å². The molecule has 0 amide bonds. The summed E-state index contributed by atoms with van der Waals surface area (Å²) in [6.07, 6.45) is 1.70. The molecule has 0 saturated carbocycles. The van der Waals surface area contributed by atoms with Crippen molar-refractivity contribution in [3.63, 3.8) is 0 Å². The summed E-state index contributed by atoms with van der Waals surface area (Å²) in [4.78, 5) is 4.44. The largest absolute Gasteiger partial charge is 0.384 e. The van der Waals surface area contributed by atoms with Crippen molar-refractivity contribution >= 4 is 22.5 Å². The summed E-state index contributed by atoms with van der Waals surface area (Å²) in [6.45, 7) is 6.87. The minimum atomic E-state index is -0.0227. The van der Waals surface area contributed by atoms with Gasteiger partial charge in [0.15, 0.2) is 0 Å². The molecule has 0 aliphatic rings. The van der Waals surface area contributed by atoms with Crippen molar-refractivity contribution in [2.24, 2.45) is 0 Å². The molecule has 92 valence electrons. The summed E-state index contributed by atoms with van der Waals surface area (Å²) < 4.78 is 4.32. The Morgan fingerprint density at radius 3 is 2.76 bits per heavy atom. The Balaban J connectivity index is 2.01. The molecule has 0 bridgehead atoms. The maximum absolute atomic E-state index is 5.69. The monoisotopic (exact) mass is 252 g/mol. The van der Waals surface area contributed by atoms with Crippen molar-refractivity contribution in [2.45, 2.75) is 32.7 Å². The third kappa shape index (κ3) is 2.73. The fourth-order valence-electron chi connectivity index (χ4n) is 1.23. The molecule has 6 nitrogen and oxygen atoms in total. The van der Waals surface area contributed by atoms with Crippen LogP contribution in [0.4, 0.5) is 10.9 Å². The molecule has 0 aliphatic heterocycles. The van der Waals surface area contributed by atoms with Crippen molar-refractivity contribution in [2.75, 3.05) is 11.1 Å². The fraction of sp³-hybridized carbons (Fsp3) is 0.500. The number of rotatable bonds is 3. The van der Waals surface area contributed by atoms with Crippen LogP contribution in [0.5, 0.6) is 0 Å². The Kier molecular flexibility index (Phi) is 3.01. The third-order valence-electron chi connectivity index (χ3n) is 2.28. The molecule has 2 heterocycles. The van der Waals surface area contributed by atoms with Crippen LogP contribution in [-0.2, 0) is 12.0 Å². The Morgan fingerprint density at radius 2 is 2.24 bits per heavy atom. The van der Waals surface area contributed by atoms with E-state index >= 15 is 0 Å². The molecule has 0 unspecified atom stereocenters. The second-order valence-corrected chi connectivity index (χ2v) is 5.59. The molecular formula is C10H16N6S. The highest BCUT2D eigenvalue weighted by Crippen LogP contribution is 2.23. The molecule has 0 atom stereocenters. The smallest absolute Gasteiger partial charge is 0.202 e. The number of hydrogen-bond donors (Lipinski definition) is 3. The first-order valence-corrected chi connectivity index (χ1v) is 6.10. The molecule has 0 radical (unpaired) electrons. The Labute approximate surface area is 104 Å². The third-order valence-corrected chi connectivity index (χ3v) is 2.95. The van der Waals surface area contributed by atoms with Crippen LogP contribution in [0.25, 0.3) is 0 Å². The number of aromatic nitrogens is 4. The van der Waals surface area contributed by atoms with Gasteiger partial charge >= 0.3 is 0 Å². The molecule has 2 rings (SSSR count). The number of H-pyrrole nitrogens is 1. The molecule has 17 heavy (non-hydrogen) atoms. The predicted molar refractivity (Wildman–Crippen MR) is 68.9 cm³/mol. The Hall–Kier alpha value is -1.63. The van der Waals surface area contributed by atoms with Crippen molar-refractivity contribution in [1.29, 1.82) is 0 Å². The average molecular weight is 252 g/mol. The molecule has 2 aromatic rings. The molecule has 4 N–H and O–H groups in total. The Bertz CT molecular complexity index is 495. The molecule has 2 aromatic heterocycles. The minimum Gasteiger partial charge on any atom is -0.384 e. The maximum Gasteiger partial charge on any atom is 0.202 e. The van der Waals surface area contributed by atoms with Crippen LogP contribution in [0, 0.1) is 0 Å². The zero-order chi connectivity index (χ0) is 12.5. The molecule has 0 aromatic carbocycles. The molecule has 0 fully saturated rings. The number of hydrogen-bond acceptors (Lipinski definition) is 6. The van der Waals surface area contributed by atoms with Crippen LogP contribution in [0.3, 0.4) is 0 Å². The summed E-state index contributed by atoms with van der Waals surface area (Å²) in [6, 6.07) is 0. The Morgan fingerprint density at radius 1 is 1.47 bits per heavy atom. The summed E-state index contributed by atoms with van der Waals surface area (Å²) in [7, 11) is 0. The van der Waals surface area contributed by atoms with E-state index in [1.54, 1.807) is 6.20 Å². The maximum atomic E-state index is 5.69. The van der Waals surface area contributed by atoms with Gasteiger partial charge in [0.2, 0.25) is 5.13 Å². The van der Waals surface area contributed by atoms with Gasteiger partial charge in [0, 0.05) is 29.1 Å². The minimum absolute atomic E-state index is 0.0227. The van der Waals surface area contributed by atoms with Crippen LogP contribution in [-0.4, -0.2) is 19.6 Å². The number of nitrogen functional groups attached to an aromatic ring is 1. The number of aromatic amines is 1. The molecule has 0 aliphatic carbocycles. The van der Waals surface area contributed by atoms with Gasteiger partial charge in [0.1, 0.15) is 11.6 Å². The first-order chi connectivity index (χ1) is 7.97.